The minimum Gasteiger partial charge on any atom is -0.508 e. The van der Waals surface area contributed by atoms with E-state index in [1.165, 1.54) is 67.7 Å². The molecule has 0 radical (unpaired) electrons. The van der Waals surface area contributed by atoms with E-state index in [1.54, 1.807) is 0 Å². The third-order valence-electron chi connectivity index (χ3n) is 23.6. The predicted molar refractivity (Wildman–Crippen MR) is 412 cm³/mol. The van der Waals surface area contributed by atoms with Crippen molar-refractivity contribution >= 4 is 70.5 Å². The number of aliphatic hydroxyl groups is 7. The zero-order chi connectivity index (χ0) is 81.5. The maximum Gasteiger partial charge on any atom is 0.248 e. The number of nitrogens with two attached hydrogens (primary N) is 2. The van der Waals surface area contributed by atoms with Crippen molar-refractivity contribution in [3.8, 4) is 45.6 Å². The quantitative estimate of drug-likeness (QED) is 0.0324. The number of ether oxygens (including phenoxy) is 4. The van der Waals surface area contributed by atoms with Gasteiger partial charge in [-0.2, -0.15) is 0 Å². The molecule has 614 valence electrons. The fourth-order valence-corrected chi connectivity index (χ4v) is 18.4. The van der Waals surface area contributed by atoms with E-state index >= 15 is 24.0 Å². The van der Waals surface area contributed by atoms with Crippen LogP contribution in [0.1, 0.15) is 192 Å². The summed E-state index contributed by atoms with van der Waals surface area (Å²) in [5.74, 6) is -13.9. The molecule has 5 fully saturated rings. The summed E-state index contributed by atoms with van der Waals surface area (Å²) in [6.07, 6.45) is -1.40. The van der Waals surface area contributed by atoms with Gasteiger partial charge in [-0.05, 0) is 176 Å². The summed E-state index contributed by atoms with van der Waals surface area (Å²) in [4.78, 5) is 122. The Morgan fingerprint density at radius 3 is 1.86 bits per heavy atom. The van der Waals surface area contributed by atoms with E-state index in [9.17, 15) is 55.2 Å². The summed E-state index contributed by atoms with van der Waals surface area (Å²) >= 11 is 14.3. The molecule has 31 nitrogen and oxygen atoms in total. The van der Waals surface area contributed by atoms with Crippen LogP contribution in [0.4, 0.5) is 0 Å². The molecule has 8 amide bonds. The van der Waals surface area contributed by atoms with Crippen molar-refractivity contribution in [3.63, 3.8) is 0 Å². The van der Waals surface area contributed by atoms with Crippen molar-refractivity contribution < 1.29 is 98.2 Å². The van der Waals surface area contributed by atoms with Crippen LogP contribution in [0.2, 0.25) is 10.0 Å². The monoisotopic (exact) mass is 1620 g/mol. The second-order valence-electron chi connectivity index (χ2n) is 32.0. The standard InChI is InChI=1S/C81H101Cl2N11O20/c1-5-6-7-8-9-10-11-12-19-87-34-46-52(95)31-45-59-44-26-38(13-16-47(44)81(109,110)60(46)59)62-75(104)94-66(79(108)92-64(45)77(106)89-61-41-22-36-21-37(24-41)25-42(61)23-36)68(98)40-15-18-54(49(83)28-40)112-56-30-43-29-55(72(56)114-80-71(101)70(100)69(99)57(33-84)113-80)111-53-17-14-39(27-48(53)82)67(97)65(93-73(102)50(86-4)20-35(2)3)78(107)88-51(32-58(85)96)74(103)90-63(43)76(105)91-62/h13-18,26-31,35-37,41-42,50-51,57,61-71,80,86-87,95,97-101,109-110H,5-12,19-25,32-34,84H2,1-4H3,(H2,85,96)(H,88,107)(H,89,106)(H,90,103)(H,91,105)(H,92,108)(H,93,102)(H,94,104)/t36?,37?,41?,42?,50?,51?,57?,61?,62?,63?,64-,65?,66?,67?,68?,69?,70?,71?,80?/m0/s1. The fraction of sp³-hybridized carbons (Fsp3) is 0.531. The molecule has 1 saturated heterocycles. The Balaban J connectivity index is 0.995. The van der Waals surface area contributed by atoms with Gasteiger partial charge in [-0.25, -0.2) is 0 Å². The molecular weight excluding hydrogens is 1520 g/mol. The van der Waals surface area contributed by atoms with E-state index in [2.05, 4.69) is 54.8 Å². The maximum atomic E-state index is 16.4. The number of halogens is 2. The van der Waals surface area contributed by atoms with Crippen LogP contribution >= 0.6 is 23.2 Å². The summed E-state index contributed by atoms with van der Waals surface area (Å²) in [7, 11) is 1.50. The Morgan fingerprint density at radius 2 is 1.25 bits per heavy atom. The molecule has 14 atom stereocenters. The number of hydrogen-bond donors (Lipinski definition) is 19. The van der Waals surface area contributed by atoms with Crippen molar-refractivity contribution in [2.75, 3.05) is 20.1 Å². The molecule has 16 rings (SSSR count). The Morgan fingerprint density at radius 1 is 0.658 bits per heavy atom. The number of aromatic hydroxyl groups is 1. The number of phenolic OH excluding ortho intramolecular Hbond substituents is 1. The second-order valence-corrected chi connectivity index (χ2v) is 32.8. The highest BCUT2D eigenvalue weighted by Gasteiger charge is 2.53. The molecule has 11 aliphatic rings. The van der Waals surface area contributed by atoms with E-state index in [4.69, 9.17) is 53.6 Å². The number of carbonyl (C=O) groups excluding carboxylic acids is 8. The number of benzene rings is 5. The number of likely N-dealkylation sites (N-methyl/N-ethyl adjacent to an activating group) is 1. The van der Waals surface area contributed by atoms with Crippen LogP contribution in [0.5, 0.6) is 34.5 Å². The average molecular weight is 1620 g/mol. The normalized spacial score (nSPS) is 28.9. The first kappa shape index (κ1) is 83.2. The summed E-state index contributed by atoms with van der Waals surface area (Å²) in [5, 5.41) is 122. The maximum absolute atomic E-state index is 16.4. The summed E-state index contributed by atoms with van der Waals surface area (Å²) < 4.78 is 25.7. The topological polar surface area (TPSA) is 496 Å². The molecule has 6 aliphatic heterocycles. The molecule has 13 unspecified atom stereocenters. The highest BCUT2D eigenvalue weighted by molar-refractivity contribution is 6.32. The first-order chi connectivity index (χ1) is 54.4. The van der Waals surface area contributed by atoms with Gasteiger partial charge in [0.05, 0.1) is 22.5 Å². The minimum absolute atomic E-state index is 0.00966. The molecule has 5 aliphatic carbocycles. The molecule has 0 spiro atoms. The van der Waals surface area contributed by atoms with Crippen LogP contribution in [0.15, 0.2) is 72.8 Å². The van der Waals surface area contributed by atoms with Gasteiger partial charge in [0.1, 0.15) is 90.1 Å². The number of primary amides is 1. The van der Waals surface area contributed by atoms with E-state index in [0.29, 0.717) is 18.4 Å². The lowest BCUT2D eigenvalue weighted by molar-refractivity contribution is -0.270. The molecule has 33 heteroatoms. The van der Waals surface area contributed by atoms with Crippen molar-refractivity contribution in [1.82, 2.24) is 47.9 Å². The van der Waals surface area contributed by atoms with Gasteiger partial charge in [0.2, 0.25) is 65.1 Å². The smallest absolute Gasteiger partial charge is 0.248 e. The van der Waals surface area contributed by atoms with Gasteiger partial charge in [0.25, 0.3) is 0 Å². The Hall–Kier alpha value is -8.80. The van der Waals surface area contributed by atoms with Crippen molar-refractivity contribution in [2.24, 2.45) is 41.1 Å². The molecule has 5 aromatic rings. The van der Waals surface area contributed by atoms with Gasteiger partial charge in [-0.3, -0.25) is 38.4 Å². The third-order valence-corrected chi connectivity index (χ3v) is 24.2. The number of hydrogen-bond acceptors (Lipinski definition) is 23. The Labute approximate surface area is 668 Å². The molecule has 4 saturated carbocycles. The molecule has 15 bridgehead atoms. The van der Waals surface area contributed by atoms with Crippen LogP contribution in [0, 0.1) is 29.6 Å². The van der Waals surface area contributed by atoms with Crippen LogP contribution in [0.3, 0.4) is 0 Å². The number of amides is 8. The average Bonchev–Trinajstić information content (AvgIpc) is 1.54. The lowest BCUT2D eigenvalue weighted by atomic mass is 9.54. The highest BCUT2D eigenvalue weighted by Crippen LogP contribution is 2.56. The number of fused-ring (bicyclic) bond motifs is 12. The van der Waals surface area contributed by atoms with Gasteiger partial charge < -0.3 is 119 Å². The number of aliphatic hydroxyl groups excluding tert-OH is 5. The van der Waals surface area contributed by atoms with Gasteiger partial charge >= 0.3 is 0 Å². The molecule has 6 heterocycles. The van der Waals surface area contributed by atoms with E-state index in [1.807, 2.05) is 13.8 Å². The van der Waals surface area contributed by atoms with Gasteiger partial charge in [0, 0.05) is 35.8 Å². The number of rotatable bonds is 23. The lowest BCUT2D eigenvalue weighted by Crippen LogP contribution is -2.60. The zero-order valence-electron chi connectivity index (χ0n) is 63.6. The number of carbonyl (C=O) groups is 8. The molecular formula is C81H101Cl2N11O20. The second kappa shape index (κ2) is 34.9. The zero-order valence-corrected chi connectivity index (χ0v) is 65.1. The lowest BCUT2D eigenvalue weighted by Gasteiger charge is -2.54. The predicted octanol–water partition coefficient (Wildman–Crippen LogP) is 4.01. The van der Waals surface area contributed by atoms with Crippen LogP contribution in [-0.2, 0) is 55.4 Å². The van der Waals surface area contributed by atoms with Crippen LogP contribution in [-0.4, -0.2) is 169 Å². The van der Waals surface area contributed by atoms with Gasteiger partial charge in [-0.15, -0.1) is 0 Å². The number of nitrogens with one attached hydrogen (secondary N) is 9. The SMILES string of the molecule is CCCCCCCCCCNCc1c(O)cc2c3c1C(O)(O)c1ccc(cc1-3)C1NC(=O)C3NC(=O)C(CC(N)=O)NC(=O)C(NC(=O)C(CC(C)C)NC)C(O)c4ccc(c(Cl)c4)Oc4cc3cc(c4OC3OC(CN)C(O)C(O)C3O)Oc3ccc(cc3Cl)C(O)C(NC1=O)C(=O)N[C@@H]2C(=O)NC1C2CC3CC(C2)CC1C3. The Kier molecular flexibility index (Phi) is 25.5. The van der Waals surface area contributed by atoms with E-state index < -0.39 is 180 Å². The summed E-state index contributed by atoms with van der Waals surface area (Å²) in [5.41, 5.74) is 10.2. The largest absolute Gasteiger partial charge is 0.508 e. The van der Waals surface area contributed by atoms with E-state index in [0.717, 1.165) is 95.6 Å². The van der Waals surface area contributed by atoms with Crippen molar-refractivity contribution in [2.45, 2.75) is 221 Å². The first-order valence-electron chi connectivity index (χ1n) is 39.3. The van der Waals surface area contributed by atoms with Crippen molar-refractivity contribution in [3.05, 3.63) is 127 Å². The van der Waals surface area contributed by atoms with Gasteiger partial charge in [0.15, 0.2) is 11.5 Å². The Bertz CT molecular complexity index is 4480. The summed E-state index contributed by atoms with van der Waals surface area (Å²) in [6.45, 7) is 5.72. The summed E-state index contributed by atoms with van der Waals surface area (Å²) in [6, 6.07) is 0.854. The first-order valence-corrected chi connectivity index (χ1v) is 40.0. The third kappa shape index (κ3) is 17.2. The van der Waals surface area contributed by atoms with Crippen LogP contribution < -0.4 is 73.5 Å². The van der Waals surface area contributed by atoms with Gasteiger partial charge in [-0.1, -0.05) is 113 Å². The van der Waals surface area contributed by atoms with Crippen LogP contribution in [0.25, 0.3) is 11.1 Å². The number of unbranched alkanes of at least 4 members (excludes halogenated alkanes) is 7. The number of phenols is 1. The van der Waals surface area contributed by atoms with Crippen molar-refractivity contribution in [1.29, 1.82) is 0 Å². The van der Waals surface area contributed by atoms with E-state index in [-0.39, 0.29) is 108 Å². The highest BCUT2D eigenvalue weighted by atomic mass is 35.5. The minimum atomic E-state index is -3.00. The molecule has 21 N–H and O–H groups in total. The fourth-order valence-electron chi connectivity index (χ4n) is 17.9. The molecule has 114 heavy (non-hydrogen) atoms. The molecule has 5 aromatic carbocycles. The molecule has 0 aromatic heterocycles.